The normalized spacial score (nSPS) is 12.0. The van der Waals surface area contributed by atoms with Crippen LogP contribution in [0.5, 0.6) is 0 Å². The molecule has 0 unspecified atom stereocenters. The van der Waals surface area contributed by atoms with Crippen LogP contribution in [0.25, 0.3) is 0 Å². The Kier molecular flexibility index (Phi) is 7.53. The van der Waals surface area contributed by atoms with Crippen LogP contribution in [0.2, 0.25) is 0 Å². The van der Waals surface area contributed by atoms with E-state index in [1.807, 2.05) is 0 Å². The summed E-state index contributed by atoms with van der Waals surface area (Å²) in [7, 11) is 6.36. The Hall–Kier alpha value is -0.490. The minimum atomic E-state index is 0.691. The summed E-state index contributed by atoms with van der Waals surface area (Å²) < 4.78 is 0. The van der Waals surface area contributed by atoms with Crippen molar-refractivity contribution in [2.75, 3.05) is 40.8 Å². The summed E-state index contributed by atoms with van der Waals surface area (Å²) >= 11 is 1.76. The summed E-state index contributed by atoms with van der Waals surface area (Å²) in [6, 6.07) is 0. The van der Waals surface area contributed by atoms with Gasteiger partial charge < -0.3 is 10.2 Å². The molecule has 0 saturated heterocycles. The molecule has 1 aromatic heterocycles. The highest BCUT2D eigenvalue weighted by molar-refractivity contribution is 7.09. The molecule has 0 bridgehead atoms. The summed E-state index contributed by atoms with van der Waals surface area (Å²) in [6.07, 6.45) is 0. The first-order chi connectivity index (χ1) is 8.97. The zero-order valence-electron chi connectivity index (χ0n) is 12.9. The van der Waals surface area contributed by atoms with Gasteiger partial charge >= 0.3 is 0 Å². The molecule has 4 nitrogen and oxygen atoms in total. The van der Waals surface area contributed by atoms with Gasteiger partial charge in [-0.25, -0.2) is 4.98 Å². The van der Waals surface area contributed by atoms with E-state index in [-0.39, 0.29) is 0 Å². The molecule has 5 heteroatoms. The van der Waals surface area contributed by atoms with Crippen molar-refractivity contribution in [3.8, 4) is 0 Å². The molecular weight excluding hydrogens is 256 g/mol. The molecule has 0 aliphatic carbocycles. The molecule has 110 valence electrons. The van der Waals surface area contributed by atoms with Crippen molar-refractivity contribution in [2.24, 2.45) is 5.92 Å². The van der Waals surface area contributed by atoms with Gasteiger partial charge in [-0.3, -0.25) is 4.90 Å². The molecule has 1 N–H and O–H groups in total. The smallest absolute Gasteiger partial charge is 0.107 e. The largest absolute Gasteiger partial charge is 0.310 e. The zero-order chi connectivity index (χ0) is 14.3. The van der Waals surface area contributed by atoms with Gasteiger partial charge in [0.15, 0.2) is 0 Å². The zero-order valence-corrected chi connectivity index (χ0v) is 13.8. The second-order valence-corrected chi connectivity index (χ2v) is 6.74. The Bertz CT molecular complexity index is 349. The molecule has 0 fully saturated rings. The SMILES string of the molecule is CC(C)CNCc1nc(CN(C)CCN(C)C)cs1. The van der Waals surface area contributed by atoms with Crippen molar-refractivity contribution in [1.29, 1.82) is 0 Å². The van der Waals surface area contributed by atoms with Crippen LogP contribution in [0.4, 0.5) is 0 Å². The lowest BCUT2D eigenvalue weighted by atomic mass is 10.2. The molecule has 0 aromatic carbocycles. The minimum Gasteiger partial charge on any atom is -0.310 e. The maximum Gasteiger partial charge on any atom is 0.107 e. The molecule has 19 heavy (non-hydrogen) atoms. The van der Waals surface area contributed by atoms with E-state index in [4.69, 9.17) is 0 Å². The third-order valence-corrected chi connectivity index (χ3v) is 3.69. The molecule has 0 aliphatic heterocycles. The van der Waals surface area contributed by atoms with Gasteiger partial charge in [0.2, 0.25) is 0 Å². The number of nitrogens with zero attached hydrogens (tertiary/aromatic N) is 3. The van der Waals surface area contributed by atoms with Gasteiger partial charge in [-0.2, -0.15) is 0 Å². The predicted molar refractivity (Wildman–Crippen MR) is 83.5 cm³/mol. The number of thiazole rings is 1. The fraction of sp³-hybridized carbons (Fsp3) is 0.786. The molecule has 1 heterocycles. The summed E-state index contributed by atoms with van der Waals surface area (Å²) in [5.41, 5.74) is 1.19. The highest BCUT2D eigenvalue weighted by atomic mass is 32.1. The first-order valence-electron chi connectivity index (χ1n) is 6.94. The van der Waals surface area contributed by atoms with Gasteiger partial charge in [0.05, 0.1) is 5.69 Å². The van der Waals surface area contributed by atoms with Gasteiger partial charge in [0.1, 0.15) is 5.01 Å². The third-order valence-electron chi connectivity index (χ3n) is 2.79. The van der Waals surface area contributed by atoms with Crippen molar-refractivity contribution < 1.29 is 0 Å². The van der Waals surface area contributed by atoms with Crippen molar-refractivity contribution in [1.82, 2.24) is 20.1 Å². The fourth-order valence-electron chi connectivity index (χ4n) is 1.70. The maximum absolute atomic E-state index is 4.67. The van der Waals surface area contributed by atoms with Crippen LogP contribution in [0, 0.1) is 5.92 Å². The highest BCUT2D eigenvalue weighted by Crippen LogP contribution is 2.11. The van der Waals surface area contributed by atoms with Crippen LogP contribution >= 0.6 is 11.3 Å². The van der Waals surface area contributed by atoms with E-state index in [2.05, 4.69) is 60.5 Å². The Labute approximate surface area is 121 Å². The number of hydrogen-bond donors (Lipinski definition) is 1. The molecule has 0 radical (unpaired) electrons. The molecular formula is C14H28N4S. The van der Waals surface area contributed by atoms with Crippen molar-refractivity contribution in [3.63, 3.8) is 0 Å². The molecule has 0 saturated carbocycles. The number of aromatic nitrogens is 1. The first kappa shape index (κ1) is 16.6. The summed E-state index contributed by atoms with van der Waals surface area (Å²) in [4.78, 5) is 9.20. The fourth-order valence-corrected chi connectivity index (χ4v) is 2.45. The molecule has 1 aromatic rings. The van der Waals surface area contributed by atoms with E-state index in [1.54, 1.807) is 11.3 Å². The molecule has 1 rings (SSSR count). The van der Waals surface area contributed by atoms with Crippen LogP contribution < -0.4 is 5.32 Å². The number of rotatable bonds is 9. The lowest BCUT2D eigenvalue weighted by Crippen LogP contribution is -2.28. The Morgan fingerprint density at radius 3 is 2.63 bits per heavy atom. The van der Waals surface area contributed by atoms with E-state index in [9.17, 15) is 0 Å². The molecule has 0 amide bonds. The summed E-state index contributed by atoms with van der Waals surface area (Å²) in [5, 5.41) is 6.81. The number of nitrogens with one attached hydrogen (secondary N) is 1. The number of likely N-dealkylation sites (N-methyl/N-ethyl adjacent to an activating group) is 2. The van der Waals surface area contributed by atoms with Crippen LogP contribution in [0.15, 0.2) is 5.38 Å². The van der Waals surface area contributed by atoms with E-state index in [0.717, 1.165) is 32.7 Å². The standard InChI is InChI=1S/C14H28N4S/c1-12(2)8-15-9-14-16-13(11-19-14)10-18(5)7-6-17(3)4/h11-12,15H,6-10H2,1-5H3. The van der Waals surface area contributed by atoms with Crippen LogP contribution in [-0.2, 0) is 13.1 Å². The molecule has 0 aliphatic rings. The van der Waals surface area contributed by atoms with Gasteiger partial charge in [-0.05, 0) is 33.6 Å². The summed E-state index contributed by atoms with van der Waals surface area (Å²) in [6.45, 7) is 9.49. The second kappa shape index (κ2) is 8.64. The van der Waals surface area contributed by atoms with E-state index in [1.165, 1.54) is 10.7 Å². The highest BCUT2D eigenvalue weighted by Gasteiger charge is 2.06. The van der Waals surface area contributed by atoms with E-state index >= 15 is 0 Å². The maximum atomic E-state index is 4.67. The van der Waals surface area contributed by atoms with Crippen molar-refractivity contribution >= 4 is 11.3 Å². The predicted octanol–water partition coefficient (Wildman–Crippen LogP) is 1.88. The average Bonchev–Trinajstić information content (AvgIpc) is 2.73. The lowest BCUT2D eigenvalue weighted by Gasteiger charge is -2.18. The lowest BCUT2D eigenvalue weighted by molar-refractivity contribution is 0.274. The van der Waals surface area contributed by atoms with Crippen molar-refractivity contribution in [3.05, 3.63) is 16.1 Å². The first-order valence-corrected chi connectivity index (χ1v) is 7.82. The summed E-state index contributed by atoms with van der Waals surface area (Å²) in [5.74, 6) is 0.691. The van der Waals surface area contributed by atoms with Gasteiger partial charge in [-0.15, -0.1) is 11.3 Å². The molecule has 0 atom stereocenters. The average molecular weight is 284 g/mol. The van der Waals surface area contributed by atoms with E-state index in [0.29, 0.717) is 5.92 Å². The quantitative estimate of drug-likeness (QED) is 0.750. The Morgan fingerprint density at radius 2 is 2.00 bits per heavy atom. The Balaban J connectivity index is 2.29. The monoisotopic (exact) mass is 284 g/mol. The second-order valence-electron chi connectivity index (χ2n) is 5.80. The number of hydrogen-bond acceptors (Lipinski definition) is 5. The van der Waals surface area contributed by atoms with Gasteiger partial charge in [0.25, 0.3) is 0 Å². The van der Waals surface area contributed by atoms with Crippen LogP contribution in [0.3, 0.4) is 0 Å². The molecule has 0 spiro atoms. The minimum absolute atomic E-state index is 0.691. The third kappa shape index (κ3) is 7.62. The van der Waals surface area contributed by atoms with Gasteiger partial charge in [-0.1, -0.05) is 13.8 Å². The van der Waals surface area contributed by atoms with Gasteiger partial charge in [0, 0.05) is 31.6 Å². The van der Waals surface area contributed by atoms with Crippen molar-refractivity contribution in [2.45, 2.75) is 26.9 Å². The van der Waals surface area contributed by atoms with Crippen LogP contribution in [-0.4, -0.2) is 55.6 Å². The Morgan fingerprint density at radius 1 is 1.26 bits per heavy atom. The topological polar surface area (TPSA) is 31.4 Å². The van der Waals surface area contributed by atoms with E-state index < -0.39 is 0 Å². The van der Waals surface area contributed by atoms with Crippen LogP contribution in [0.1, 0.15) is 24.5 Å².